The van der Waals surface area contributed by atoms with Gasteiger partial charge in [-0.25, -0.2) is 4.79 Å². The molecule has 0 saturated heterocycles. The number of benzene rings is 1. The van der Waals surface area contributed by atoms with Crippen LogP contribution in [0.4, 0.5) is 10.5 Å². The zero-order chi connectivity index (χ0) is 17.6. The second kappa shape index (κ2) is 8.78. The monoisotopic (exact) mass is 397 g/mol. The molecule has 0 bridgehead atoms. The van der Waals surface area contributed by atoms with Crippen LogP contribution in [0.25, 0.3) is 0 Å². The SMILES string of the molecule is CC(C)(C)OC(=O)NCCNC(=S)Nc1cc(Cl)c(Cl)cc1Cl. The summed E-state index contributed by atoms with van der Waals surface area (Å²) in [5.74, 6) is 0. The third-order valence-corrected chi connectivity index (χ3v) is 3.62. The van der Waals surface area contributed by atoms with Gasteiger partial charge in [0.15, 0.2) is 5.11 Å². The van der Waals surface area contributed by atoms with Crippen LogP contribution in [0.1, 0.15) is 20.8 Å². The summed E-state index contributed by atoms with van der Waals surface area (Å²) in [4.78, 5) is 11.5. The molecule has 0 fully saturated rings. The van der Waals surface area contributed by atoms with E-state index in [-0.39, 0.29) is 0 Å². The Bertz CT molecular complexity index is 591. The molecule has 0 saturated carbocycles. The highest BCUT2D eigenvalue weighted by molar-refractivity contribution is 7.80. The molecular formula is C14H18Cl3N3O2S. The molecule has 9 heteroatoms. The summed E-state index contributed by atoms with van der Waals surface area (Å²) in [5.41, 5.74) is 0.0116. The van der Waals surface area contributed by atoms with Gasteiger partial charge in [-0.2, -0.15) is 0 Å². The number of thiocarbonyl (C=S) groups is 1. The van der Waals surface area contributed by atoms with Crippen LogP contribution in [-0.2, 0) is 4.74 Å². The standard InChI is InChI=1S/C14H18Cl3N3O2S/c1-14(2,3)22-13(21)19-5-4-18-12(23)20-11-7-9(16)8(15)6-10(11)17/h6-7H,4-5H2,1-3H3,(H,19,21)(H2,18,20,23). The maximum absolute atomic E-state index is 11.5. The van der Waals surface area contributed by atoms with Gasteiger partial charge in [0, 0.05) is 13.1 Å². The number of nitrogens with one attached hydrogen (secondary N) is 3. The first-order chi connectivity index (χ1) is 10.6. The summed E-state index contributed by atoms with van der Waals surface area (Å²) in [6, 6.07) is 3.11. The van der Waals surface area contributed by atoms with Crippen LogP contribution in [0.2, 0.25) is 15.1 Å². The van der Waals surface area contributed by atoms with Gasteiger partial charge in [0.25, 0.3) is 0 Å². The van der Waals surface area contributed by atoms with E-state index in [1.54, 1.807) is 26.8 Å². The molecule has 1 rings (SSSR count). The van der Waals surface area contributed by atoms with Gasteiger partial charge in [0.2, 0.25) is 0 Å². The number of rotatable bonds is 4. The van der Waals surface area contributed by atoms with Crippen molar-refractivity contribution in [2.45, 2.75) is 26.4 Å². The van der Waals surface area contributed by atoms with Gasteiger partial charge < -0.3 is 20.7 Å². The molecule has 0 aliphatic carbocycles. The Kier molecular flexibility index (Phi) is 7.67. The highest BCUT2D eigenvalue weighted by Crippen LogP contribution is 2.32. The van der Waals surface area contributed by atoms with Crippen LogP contribution in [0.3, 0.4) is 0 Å². The first-order valence-electron chi connectivity index (χ1n) is 6.75. The number of hydrogen-bond donors (Lipinski definition) is 3. The Hall–Kier alpha value is -0.950. The number of anilines is 1. The Balaban J connectivity index is 2.36. The van der Waals surface area contributed by atoms with E-state index in [1.165, 1.54) is 6.07 Å². The summed E-state index contributed by atoms with van der Waals surface area (Å²) in [5, 5.41) is 9.92. The maximum atomic E-state index is 11.5. The second-order valence-electron chi connectivity index (χ2n) is 5.56. The van der Waals surface area contributed by atoms with E-state index in [9.17, 15) is 4.79 Å². The molecule has 0 aliphatic rings. The molecule has 128 valence electrons. The minimum atomic E-state index is -0.529. The molecule has 0 radical (unpaired) electrons. The van der Waals surface area contributed by atoms with Crippen molar-refractivity contribution in [2.24, 2.45) is 0 Å². The van der Waals surface area contributed by atoms with E-state index < -0.39 is 11.7 Å². The number of amides is 1. The first-order valence-corrected chi connectivity index (χ1v) is 8.29. The van der Waals surface area contributed by atoms with E-state index in [0.29, 0.717) is 39.0 Å². The second-order valence-corrected chi connectivity index (χ2v) is 7.19. The van der Waals surface area contributed by atoms with Crippen LogP contribution in [0.5, 0.6) is 0 Å². The fraction of sp³-hybridized carbons (Fsp3) is 0.429. The average molecular weight is 399 g/mol. The van der Waals surface area contributed by atoms with E-state index >= 15 is 0 Å². The summed E-state index contributed by atoms with van der Waals surface area (Å²) in [7, 11) is 0. The summed E-state index contributed by atoms with van der Waals surface area (Å²) in [6.45, 7) is 6.16. The number of alkyl carbamates (subject to hydrolysis) is 1. The molecule has 23 heavy (non-hydrogen) atoms. The van der Waals surface area contributed by atoms with E-state index in [0.717, 1.165) is 0 Å². The van der Waals surface area contributed by atoms with E-state index in [4.69, 9.17) is 51.8 Å². The number of carbonyl (C=O) groups is 1. The van der Waals surface area contributed by atoms with Crippen molar-refractivity contribution in [2.75, 3.05) is 18.4 Å². The van der Waals surface area contributed by atoms with Crippen molar-refractivity contribution >= 4 is 63.9 Å². The molecule has 1 aromatic rings. The number of hydrogen-bond acceptors (Lipinski definition) is 3. The van der Waals surface area contributed by atoms with Crippen molar-refractivity contribution < 1.29 is 9.53 Å². The predicted octanol–water partition coefficient (Wildman–Crippen LogP) is 4.46. The largest absolute Gasteiger partial charge is 0.444 e. The van der Waals surface area contributed by atoms with Crippen molar-refractivity contribution in [3.63, 3.8) is 0 Å². The third kappa shape index (κ3) is 7.92. The van der Waals surface area contributed by atoms with Gasteiger partial charge in [0.1, 0.15) is 5.60 Å². The molecule has 1 amide bonds. The molecule has 0 unspecified atom stereocenters. The highest BCUT2D eigenvalue weighted by Gasteiger charge is 2.15. The van der Waals surface area contributed by atoms with Gasteiger partial charge in [-0.15, -0.1) is 0 Å². The molecule has 1 aromatic carbocycles. The van der Waals surface area contributed by atoms with Crippen LogP contribution in [0, 0.1) is 0 Å². The third-order valence-electron chi connectivity index (χ3n) is 2.34. The van der Waals surface area contributed by atoms with Crippen LogP contribution >= 0.6 is 47.0 Å². The maximum Gasteiger partial charge on any atom is 0.407 e. The normalized spacial score (nSPS) is 10.9. The lowest BCUT2D eigenvalue weighted by Gasteiger charge is -2.19. The van der Waals surface area contributed by atoms with Crippen molar-refractivity contribution in [3.05, 3.63) is 27.2 Å². The van der Waals surface area contributed by atoms with Gasteiger partial charge in [-0.3, -0.25) is 0 Å². The molecular weight excluding hydrogens is 381 g/mol. The van der Waals surface area contributed by atoms with Gasteiger partial charge in [0.05, 0.1) is 20.8 Å². The van der Waals surface area contributed by atoms with Crippen molar-refractivity contribution in [1.82, 2.24) is 10.6 Å². The van der Waals surface area contributed by atoms with Gasteiger partial charge >= 0.3 is 6.09 Å². The van der Waals surface area contributed by atoms with Crippen molar-refractivity contribution in [1.29, 1.82) is 0 Å². The fourth-order valence-electron chi connectivity index (χ4n) is 1.44. The molecule has 0 atom stereocenters. The van der Waals surface area contributed by atoms with Crippen LogP contribution in [0.15, 0.2) is 12.1 Å². The first kappa shape index (κ1) is 20.1. The Labute approximate surface area is 156 Å². The zero-order valence-corrected chi connectivity index (χ0v) is 16.0. The number of halogens is 3. The van der Waals surface area contributed by atoms with Crippen LogP contribution in [-0.4, -0.2) is 29.9 Å². The minimum absolute atomic E-state index is 0.344. The molecule has 0 heterocycles. The van der Waals surface area contributed by atoms with Gasteiger partial charge in [-0.05, 0) is 45.1 Å². The van der Waals surface area contributed by atoms with E-state index in [1.807, 2.05) is 0 Å². The smallest absolute Gasteiger partial charge is 0.407 e. The topological polar surface area (TPSA) is 62.4 Å². The summed E-state index contributed by atoms with van der Waals surface area (Å²) >= 11 is 23.0. The molecule has 0 aromatic heterocycles. The zero-order valence-electron chi connectivity index (χ0n) is 12.9. The lowest BCUT2D eigenvalue weighted by molar-refractivity contribution is 0.0529. The van der Waals surface area contributed by atoms with Crippen molar-refractivity contribution in [3.8, 4) is 0 Å². The fourth-order valence-corrected chi connectivity index (χ4v) is 2.25. The molecule has 5 nitrogen and oxygen atoms in total. The average Bonchev–Trinajstić information content (AvgIpc) is 2.39. The summed E-state index contributed by atoms with van der Waals surface area (Å²) in [6.07, 6.45) is -0.481. The molecule has 0 spiro atoms. The predicted molar refractivity (Wildman–Crippen MR) is 99.9 cm³/mol. The lowest BCUT2D eigenvalue weighted by Crippen LogP contribution is -2.39. The Morgan fingerprint density at radius 3 is 2.26 bits per heavy atom. The lowest BCUT2D eigenvalue weighted by atomic mass is 10.2. The van der Waals surface area contributed by atoms with Gasteiger partial charge in [-0.1, -0.05) is 34.8 Å². The minimum Gasteiger partial charge on any atom is -0.444 e. The Morgan fingerprint density at radius 1 is 1.09 bits per heavy atom. The van der Waals surface area contributed by atoms with Crippen LogP contribution < -0.4 is 16.0 Å². The number of ether oxygens (including phenoxy) is 1. The molecule has 0 aliphatic heterocycles. The number of carbonyl (C=O) groups excluding carboxylic acids is 1. The molecule has 3 N–H and O–H groups in total. The summed E-state index contributed by atoms with van der Waals surface area (Å²) < 4.78 is 5.11. The van der Waals surface area contributed by atoms with E-state index in [2.05, 4.69) is 16.0 Å². The Morgan fingerprint density at radius 2 is 1.65 bits per heavy atom. The quantitative estimate of drug-likeness (QED) is 0.397. The highest BCUT2D eigenvalue weighted by atomic mass is 35.5.